The van der Waals surface area contributed by atoms with Gasteiger partial charge in [-0.05, 0) is 17.7 Å². The number of halogens is 1. The Labute approximate surface area is 134 Å². The van der Waals surface area contributed by atoms with Gasteiger partial charge in [0.25, 0.3) is 0 Å². The van der Waals surface area contributed by atoms with Crippen LogP contribution in [-0.2, 0) is 0 Å². The number of hydrogen-bond donors (Lipinski definition) is 0. The Kier molecular flexibility index (Phi) is 5.31. The summed E-state index contributed by atoms with van der Waals surface area (Å²) < 4.78 is 0. The van der Waals surface area contributed by atoms with Gasteiger partial charge in [0.15, 0.2) is 5.78 Å². The molecule has 1 atom stereocenters. The summed E-state index contributed by atoms with van der Waals surface area (Å²) in [5.74, 6) is -1.44. The van der Waals surface area contributed by atoms with Crippen LogP contribution < -0.4 is 0 Å². The van der Waals surface area contributed by atoms with Gasteiger partial charge in [-0.1, -0.05) is 54.1 Å². The van der Waals surface area contributed by atoms with Gasteiger partial charge < -0.3 is 0 Å². The molecule has 4 heteroatoms. The number of ketones is 1. The number of hydrogen-bond acceptors (Lipinski definition) is 3. The molecule has 0 saturated carbocycles. The first kappa shape index (κ1) is 15.8. The maximum atomic E-state index is 12.4. The molecule has 0 aromatic heterocycles. The van der Waals surface area contributed by atoms with Crippen molar-refractivity contribution in [2.45, 2.75) is 12.3 Å². The molecule has 22 heavy (non-hydrogen) atoms. The number of carbonyl (C=O) groups is 1. The van der Waals surface area contributed by atoms with Crippen molar-refractivity contribution < 1.29 is 4.79 Å². The summed E-state index contributed by atoms with van der Waals surface area (Å²) in [5.41, 5.74) is 1.35. The van der Waals surface area contributed by atoms with Crippen molar-refractivity contribution >= 4 is 17.4 Å². The van der Waals surface area contributed by atoms with Gasteiger partial charge in [-0.2, -0.15) is 10.5 Å². The molecule has 0 saturated heterocycles. The van der Waals surface area contributed by atoms with Crippen molar-refractivity contribution in [1.82, 2.24) is 0 Å². The van der Waals surface area contributed by atoms with E-state index in [1.54, 1.807) is 48.5 Å². The van der Waals surface area contributed by atoms with Gasteiger partial charge in [-0.3, -0.25) is 4.79 Å². The lowest BCUT2D eigenvalue weighted by molar-refractivity contribution is 0.0971. The fourth-order valence-corrected chi connectivity index (χ4v) is 2.41. The normalized spacial score (nSPS) is 11.5. The van der Waals surface area contributed by atoms with Crippen LogP contribution in [0.1, 0.15) is 28.3 Å². The van der Waals surface area contributed by atoms with Crippen LogP contribution in [0.5, 0.6) is 0 Å². The van der Waals surface area contributed by atoms with Crippen molar-refractivity contribution in [3.63, 3.8) is 0 Å². The molecule has 0 aliphatic rings. The Morgan fingerprint density at radius 1 is 1.00 bits per heavy atom. The minimum Gasteiger partial charge on any atom is -0.294 e. The van der Waals surface area contributed by atoms with Crippen LogP contribution >= 0.6 is 11.6 Å². The van der Waals surface area contributed by atoms with Crippen molar-refractivity contribution in [3.8, 4) is 12.1 Å². The predicted molar refractivity (Wildman–Crippen MR) is 84.3 cm³/mol. The Hall–Kier alpha value is -2.62. The topological polar surface area (TPSA) is 64.7 Å². The Morgan fingerprint density at radius 2 is 1.59 bits per heavy atom. The molecule has 0 bridgehead atoms. The van der Waals surface area contributed by atoms with Crippen molar-refractivity contribution in [3.05, 3.63) is 70.7 Å². The molecule has 2 aromatic rings. The molecule has 0 heterocycles. The second-order valence-electron chi connectivity index (χ2n) is 4.89. The average molecular weight is 309 g/mol. The van der Waals surface area contributed by atoms with Crippen LogP contribution in [0, 0.1) is 28.6 Å². The zero-order valence-electron chi connectivity index (χ0n) is 11.7. The van der Waals surface area contributed by atoms with Gasteiger partial charge in [0.1, 0.15) is 5.92 Å². The molecule has 3 nitrogen and oxygen atoms in total. The zero-order valence-corrected chi connectivity index (χ0v) is 12.5. The fraction of sp³-hybridized carbons (Fsp3) is 0.167. The molecule has 0 N–H and O–H groups in total. The highest BCUT2D eigenvalue weighted by atomic mass is 35.5. The minimum atomic E-state index is -0.881. The van der Waals surface area contributed by atoms with Gasteiger partial charge >= 0.3 is 0 Å². The van der Waals surface area contributed by atoms with Crippen LogP contribution in [0.15, 0.2) is 54.6 Å². The number of nitriles is 2. The second-order valence-corrected chi connectivity index (χ2v) is 5.32. The lowest BCUT2D eigenvalue weighted by Gasteiger charge is -2.17. The van der Waals surface area contributed by atoms with E-state index in [0.717, 1.165) is 5.56 Å². The van der Waals surface area contributed by atoms with E-state index in [0.29, 0.717) is 10.6 Å². The summed E-state index contributed by atoms with van der Waals surface area (Å²) in [7, 11) is 0. The van der Waals surface area contributed by atoms with Crippen molar-refractivity contribution in [2.24, 2.45) is 5.92 Å². The highest BCUT2D eigenvalue weighted by Gasteiger charge is 2.26. The molecule has 108 valence electrons. The predicted octanol–water partition coefficient (Wildman–Crippen LogP) is 4.36. The molecular formula is C18H13ClN2O. The van der Waals surface area contributed by atoms with Gasteiger partial charge in [0.05, 0.1) is 12.1 Å². The van der Waals surface area contributed by atoms with Crippen LogP contribution in [0.2, 0.25) is 5.02 Å². The highest BCUT2D eigenvalue weighted by molar-refractivity contribution is 6.30. The zero-order chi connectivity index (χ0) is 15.9. The van der Waals surface area contributed by atoms with Crippen LogP contribution in [-0.4, -0.2) is 5.78 Å². The Balaban J connectivity index is 2.30. The average Bonchev–Trinajstić information content (AvgIpc) is 2.56. The number of rotatable bonds is 5. The van der Waals surface area contributed by atoms with Crippen molar-refractivity contribution in [1.29, 1.82) is 10.5 Å². The minimum absolute atomic E-state index is 0.0870. The lowest BCUT2D eigenvalue weighted by atomic mass is 9.83. The third-order valence-electron chi connectivity index (χ3n) is 3.48. The van der Waals surface area contributed by atoms with Crippen molar-refractivity contribution in [2.75, 3.05) is 0 Å². The first-order valence-electron chi connectivity index (χ1n) is 6.78. The largest absolute Gasteiger partial charge is 0.294 e. The number of carbonyl (C=O) groups excluding carboxylic acids is 1. The van der Waals surface area contributed by atoms with E-state index in [9.17, 15) is 15.3 Å². The summed E-state index contributed by atoms with van der Waals surface area (Å²) in [6.07, 6.45) is 0.109. The number of benzene rings is 2. The van der Waals surface area contributed by atoms with Crippen LogP contribution in [0.25, 0.3) is 0 Å². The molecule has 0 radical (unpaired) electrons. The molecule has 0 aliphatic carbocycles. The van der Waals surface area contributed by atoms with E-state index in [1.165, 1.54) is 0 Å². The summed E-state index contributed by atoms with van der Waals surface area (Å²) in [5, 5.41) is 18.9. The van der Waals surface area contributed by atoms with Crippen LogP contribution in [0.4, 0.5) is 0 Å². The monoisotopic (exact) mass is 308 g/mol. The number of nitrogens with zero attached hydrogens (tertiary/aromatic N) is 2. The quantitative estimate of drug-likeness (QED) is 0.771. The summed E-state index contributed by atoms with van der Waals surface area (Å²) in [6.45, 7) is 0. The standard InChI is InChI=1S/C18H13ClN2O/c19-16-8-6-13(7-9-16)17(15(11-20)12-21)10-18(22)14-4-2-1-3-5-14/h1-9,15,17H,10H2. The fourth-order valence-electron chi connectivity index (χ4n) is 2.29. The van der Waals surface area contributed by atoms with Gasteiger partial charge in [0, 0.05) is 22.9 Å². The maximum absolute atomic E-state index is 12.4. The lowest BCUT2D eigenvalue weighted by Crippen LogP contribution is -2.15. The van der Waals surface area contributed by atoms with Gasteiger partial charge in [0.2, 0.25) is 0 Å². The van der Waals surface area contributed by atoms with E-state index in [4.69, 9.17) is 11.6 Å². The summed E-state index contributed by atoms with van der Waals surface area (Å²) in [6, 6.07) is 19.7. The summed E-state index contributed by atoms with van der Waals surface area (Å²) >= 11 is 5.87. The first-order valence-corrected chi connectivity index (χ1v) is 7.16. The Bertz CT molecular complexity index is 712. The molecule has 0 spiro atoms. The molecule has 2 aromatic carbocycles. The maximum Gasteiger partial charge on any atom is 0.163 e. The smallest absolute Gasteiger partial charge is 0.163 e. The van der Waals surface area contributed by atoms with E-state index in [-0.39, 0.29) is 12.2 Å². The third kappa shape index (κ3) is 3.73. The van der Waals surface area contributed by atoms with Gasteiger partial charge in [-0.25, -0.2) is 0 Å². The highest BCUT2D eigenvalue weighted by Crippen LogP contribution is 2.30. The molecule has 0 aliphatic heterocycles. The molecular weight excluding hydrogens is 296 g/mol. The second kappa shape index (κ2) is 7.41. The van der Waals surface area contributed by atoms with E-state index < -0.39 is 11.8 Å². The summed E-state index contributed by atoms with van der Waals surface area (Å²) in [4.78, 5) is 12.4. The molecule has 0 fully saturated rings. The molecule has 0 amide bonds. The molecule has 2 rings (SSSR count). The van der Waals surface area contributed by atoms with E-state index in [2.05, 4.69) is 0 Å². The van der Waals surface area contributed by atoms with Gasteiger partial charge in [-0.15, -0.1) is 0 Å². The van der Waals surface area contributed by atoms with E-state index >= 15 is 0 Å². The number of Topliss-reactive ketones (excluding diaryl/α,β-unsaturated/α-hetero) is 1. The van der Waals surface area contributed by atoms with E-state index in [1.807, 2.05) is 18.2 Å². The third-order valence-corrected chi connectivity index (χ3v) is 3.73. The first-order chi connectivity index (χ1) is 10.7. The SMILES string of the molecule is N#CC(C#N)C(CC(=O)c1ccccc1)c1ccc(Cl)cc1. The van der Waals surface area contributed by atoms with Crippen LogP contribution in [0.3, 0.4) is 0 Å². The Morgan fingerprint density at radius 3 is 2.14 bits per heavy atom. The molecule has 1 unspecified atom stereocenters.